The standard InChI is InChI=1S/C13H8BrN3OS/c14-10-3-1-9-6-11(4-2-8(9)5-10)16-13(18)12-7-15-17-19-12/h1-7H,(H,16,18). The smallest absolute Gasteiger partial charge is 0.269 e. The van der Waals surface area contributed by atoms with Crippen LogP contribution in [-0.2, 0) is 0 Å². The highest BCUT2D eigenvalue weighted by atomic mass is 79.9. The third-order valence-electron chi connectivity index (χ3n) is 2.65. The summed E-state index contributed by atoms with van der Waals surface area (Å²) in [6.45, 7) is 0. The van der Waals surface area contributed by atoms with E-state index in [0.29, 0.717) is 4.88 Å². The molecule has 0 aliphatic rings. The summed E-state index contributed by atoms with van der Waals surface area (Å²) >= 11 is 4.51. The highest BCUT2D eigenvalue weighted by molar-refractivity contribution is 9.10. The molecule has 0 aliphatic carbocycles. The van der Waals surface area contributed by atoms with Crippen LogP contribution in [0.5, 0.6) is 0 Å². The Bertz CT molecular complexity index is 743. The molecule has 0 saturated carbocycles. The van der Waals surface area contributed by atoms with Crippen LogP contribution in [0.25, 0.3) is 10.8 Å². The van der Waals surface area contributed by atoms with E-state index in [9.17, 15) is 4.79 Å². The summed E-state index contributed by atoms with van der Waals surface area (Å²) in [5, 5.41) is 8.67. The lowest BCUT2D eigenvalue weighted by molar-refractivity contribution is 0.103. The summed E-state index contributed by atoms with van der Waals surface area (Å²) in [5.74, 6) is -0.188. The van der Waals surface area contributed by atoms with Crippen molar-refractivity contribution in [3.63, 3.8) is 0 Å². The molecule has 1 amide bonds. The summed E-state index contributed by atoms with van der Waals surface area (Å²) in [7, 11) is 0. The van der Waals surface area contributed by atoms with E-state index in [-0.39, 0.29) is 5.91 Å². The molecule has 0 atom stereocenters. The lowest BCUT2D eigenvalue weighted by Crippen LogP contribution is -2.09. The average Bonchev–Trinajstić information content (AvgIpc) is 2.93. The normalized spacial score (nSPS) is 10.6. The number of nitrogens with zero attached hydrogens (tertiary/aromatic N) is 2. The number of hydrogen-bond acceptors (Lipinski definition) is 4. The number of carbonyl (C=O) groups is 1. The van der Waals surface area contributed by atoms with Crippen molar-refractivity contribution < 1.29 is 4.79 Å². The van der Waals surface area contributed by atoms with Gasteiger partial charge >= 0.3 is 0 Å². The van der Waals surface area contributed by atoms with Gasteiger partial charge in [-0.3, -0.25) is 4.79 Å². The Morgan fingerprint density at radius 3 is 2.74 bits per heavy atom. The maximum Gasteiger partial charge on any atom is 0.269 e. The maximum atomic E-state index is 11.9. The van der Waals surface area contributed by atoms with Gasteiger partial charge in [0.05, 0.1) is 6.20 Å². The molecular weight excluding hydrogens is 326 g/mol. The summed E-state index contributed by atoms with van der Waals surface area (Å²) < 4.78 is 4.70. The topological polar surface area (TPSA) is 54.9 Å². The summed E-state index contributed by atoms with van der Waals surface area (Å²) in [4.78, 5) is 12.4. The molecule has 1 heterocycles. The number of benzene rings is 2. The number of carbonyl (C=O) groups excluding carboxylic acids is 1. The second kappa shape index (κ2) is 5.07. The number of halogens is 1. The number of fused-ring (bicyclic) bond motifs is 1. The molecule has 0 spiro atoms. The molecule has 1 aromatic heterocycles. The van der Waals surface area contributed by atoms with Crippen molar-refractivity contribution in [3.05, 3.63) is 51.9 Å². The van der Waals surface area contributed by atoms with Crippen molar-refractivity contribution in [1.29, 1.82) is 0 Å². The molecule has 1 N–H and O–H groups in total. The molecule has 4 nitrogen and oxygen atoms in total. The van der Waals surface area contributed by atoms with Gasteiger partial charge in [-0.25, -0.2) is 0 Å². The molecule has 0 radical (unpaired) electrons. The van der Waals surface area contributed by atoms with E-state index in [0.717, 1.165) is 32.5 Å². The summed E-state index contributed by atoms with van der Waals surface area (Å²) in [6.07, 6.45) is 1.46. The lowest BCUT2D eigenvalue weighted by atomic mass is 10.1. The maximum absolute atomic E-state index is 11.9. The molecular formula is C13H8BrN3OS. The molecule has 0 aliphatic heterocycles. The van der Waals surface area contributed by atoms with Crippen molar-refractivity contribution in [2.75, 3.05) is 5.32 Å². The minimum atomic E-state index is -0.188. The molecule has 94 valence electrons. The second-order valence-corrected chi connectivity index (χ2v) is 5.64. The van der Waals surface area contributed by atoms with Crippen molar-refractivity contribution >= 4 is 49.8 Å². The molecule has 2 aromatic carbocycles. The third-order valence-corrected chi connectivity index (χ3v) is 3.80. The largest absolute Gasteiger partial charge is 0.321 e. The van der Waals surface area contributed by atoms with Gasteiger partial charge in [-0.15, -0.1) is 5.10 Å². The van der Waals surface area contributed by atoms with Crippen molar-refractivity contribution in [2.24, 2.45) is 0 Å². The van der Waals surface area contributed by atoms with Crippen LogP contribution in [0.2, 0.25) is 0 Å². The number of hydrogen-bond donors (Lipinski definition) is 1. The van der Waals surface area contributed by atoms with Gasteiger partial charge in [0.1, 0.15) is 4.88 Å². The Morgan fingerprint density at radius 2 is 1.95 bits per heavy atom. The van der Waals surface area contributed by atoms with Crippen molar-refractivity contribution in [1.82, 2.24) is 9.59 Å². The Morgan fingerprint density at radius 1 is 1.16 bits per heavy atom. The van der Waals surface area contributed by atoms with Crippen molar-refractivity contribution in [3.8, 4) is 0 Å². The molecule has 0 unspecified atom stereocenters. The Kier molecular flexibility index (Phi) is 3.27. The minimum absolute atomic E-state index is 0.188. The van der Waals surface area contributed by atoms with Gasteiger partial charge in [0.2, 0.25) is 0 Å². The highest BCUT2D eigenvalue weighted by Gasteiger charge is 2.08. The summed E-state index contributed by atoms with van der Waals surface area (Å²) in [6, 6.07) is 11.8. The molecule has 0 fully saturated rings. The predicted octanol–water partition coefficient (Wildman–Crippen LogP) is 3.71. The average molecular weight is 334 g/mol. The van der Waals surface area contributed by atoms with E-state index in [4.69, 9.17) is 0 Å². The van der Waals surface area contributed by atoms with E-state index in [2.05, 4.69) is 30.8 Å². The first-order valence-electron chi connectivity index (χ1n) is 5.50. The fourth-order valence-electron chi connectivity index (χ4n) is 1.75. The van der Waals surface area contributed by atoms with E-state index in [1.807, 2.05) is 36.4 Å². The van der Waals surface area contributed by atoms with Gasteiger partial charge in [0.25, 0.3) is 5.91 Å². The first-order chi connectivity index (χ1) is 9.22. The predicted molar refractivity (Wildman–Crippen MR) is 79.5 cm³/mol. The Labute approximate surface area is 121 Å². The zero-order valence-electron chi connectivity index (χ0n) is 9.63. The zero-order valence-corrected chi connectivity index (χ0v) is 12.0. The fourth-order valence-corrected chi connectivity index (χ4v) is 2.54. The van der Waals surface area contributed by atoms with E-state index in [1.165, 1.54) is 6.20 Å². The first kappa shape index (κ1) is 12.3. The van der Waals surface area contributed by atoms with Gasteiger partial charge in [0, 0.05) is 10.2 Å². The van der Waals surface area contributed by atoms with Gasteiger partial charge in [0.15, 0.2) is 0 Å². The highest BCUT2D eigenvalue weighted by Crippen LogP contribution is 2.23. The monoisotopic (exact) mass is 333 g/mol. The second-order valence-electron chi connectivity index (χ2n) is 3.94. The van der Waals surface area contributed by atoms with Gasteiger partial charge < -0.3 is 5.32 Å². The van der Waals surface area contributed by atoms with Crippen molar-refractivity contribution in [2.45, 2.75) is 0 Å². The van der Waals surface area contributed by atoms with Crippen LogP contribution in [-0.4, -0.2) is 15.5 Å². The van der Waals surface area contributed by atoms with Gasteiger partial charge in [-0.2, -0.15) is 0 Å². The minimum Gasteiger partial charge on any atom is -0.321 e. The van der Waals surface area contributed by atoms with E-state index in [1.54, 1.807) is 0 Å². The molecule has 0 saturated heterocycles. The fraction of sp³-hybridized carbons (Fsp3) is 0. The molecule has 3 rings (SSSR count). The number of rotatable bonds is 2. The quantitative estimate of drug-likeness (QED) is 0.777. The number of amides is 1. The Balaban J connectivity index is 1.89. The molecule has 19 heavy (non-hydrogen) atoms. The van der Waals surface area contributed by atoms with Crippen LogP contribution in [0.15, 0.2) is 47.1 Å². The molecule has 6 heteroatoms. The molecule has 3 aromatic rings. The lowest BCUT2D eigenvalue weighted by Gasteiger charge is -2.05. The van der Waals surface area contributed by atoms with E-state index >= 15 is 0 Å². The van der Waals surface area contributed by atoms with Crippen LogP contribution >= 0.6 is 27.5 Å². The summed E-state index contributed by atoms with van der Waals surface area (Å²) in [5.41, 5.74) is 0.758. The zero-order chi connectivity index (χ0) is 13.2. The van der Waals surface area contributed by atoms with Crippen LogP contribution in [0.1, 0.15) is 9.67 Å². The van der Waals surface area contributed by atoms with Crippen LogP contribution < -0.4 is 5.32 Å². The Hall–Kier alpha value is -1.79. The third kappa shape index (κ3) is 2.64. The SMILES string of the molecule is O=C(Nc1ccc2cc(Br)ccc2c1)c1cnns1. The first-order valence-corrected chi connectivity index (χ1v) is 7.07. The molecule has 0 bridgehead atoms. The van der Waals surface area contributed by atoms with Gasteiger partial charge in [-0.05, 0) is 46.6 Å². The number of aromatic nitrogens is 2. The van der Waals surface area contributed by atoms with Crippen LogP contribution in [0.4, 0.5) is 5.69 Å². The van der Waals surface area contributed by atoms with E-state index < -0.39 is 0 Å². The number of anilines is 1. The van der Waals surface area contributed by atoms with Crippen LogP contribution in [0.3, 0.4) is 0 Å². The van der Waals surface area contributed by atoms with Gasteiger partial charge in [-0.1, -0.05) is 32.6 Å². The number of nitrogens with one attached hydrogen (secondary N) is 1. The van der Waals surface area contributed by atoms with Crippen LogP contribution in [0, 0.1) is 0 Å².